The highest BCUT2D eigenvalue weighted by molar-refractivity contribution is 5.73. The highest BCUT2D eigenvalue weighted by atomic mass is 14.1. The molecule has 0 heteroatoms. The third-order valence-corrected chi connectivity index (χ3v) is 4.13. The van der Waals surface area contributed by atoms with Gasteiger partial charge in [0.1, 0.15) is 0 Å². The maximum atomic E-state index is 2.32. The van der Waals surface area contributed by atoms with Crippen LogP contribution in [0.2, 0.25) is 0 Å². The van der Waals surface area contributed by atoms with Gasteiger partial charge in [0, 0.05) is 0 Å². The lowest BCUT2D eigenvalue weighted by molar-refractivity contribution is 0.778. The van der Waals surface area contributed by atoms with E-state index in [0.717, 1.165) is 0 Å². The summed E-state index contributed by atoms with van der Waals surface area (Å²) in [5.74, 6) is 0. The van der Waals surface area contributed by atoms with Gasteiger partial charge in [-0.3, -0.25) is 0 Å². The van der Waals surface area contributed by atoms with E-state index in [1.165, 1.54) is 60.8 Å². The number of hydrogen-bond donors (Lipinski definition) is 0. The SMILES string of the molecule is CCCCc1cccc(CCCC)c1/C=C/c1ccccc1. The van der Waals surface area contributed by atoms with Gasteiger partial charge >= 0.3 is 0 Å². The zero-order chi connectivity index (χ0) is 15.6. The van der Waals surface area contributed by atoms with Crippen LogP contribution in [0.1, 0.15) is 61.8 Å². The molecule has 0 aromatic heterocycles. The largest absolute Gasteiger partial charge is 0.0654 e. The Morgan fingerprint density at radius 1 is 0.682 bits per heavy atom. The summed E-state index contributed by atoms with van der Waals surface area (Å²) in [6, 6.07) is 17.4. The molecule has 0 aliphatic heterocycles. The van der Waals surface area contributed by atoms with E-state index < -0.39 is 0 Å². The van der Waals surface area contributed by atoms with Crippen molar-refractivity contribution in [1.82, 2.24) is 0 Å². The number of rotatable bonds is 8. The van der Waals surface area contributed by atoms with Gasteiger partial charge < -0.3 is 0 Å². The van der Waals surface area contributed by atoms with E-state index in [9.17, 15) is 0 Å². The summed E-state index contributed by atoms with van der Waals surface area (Å²) in [5.41, 5.74) is 5.73. The Morgan fingerprint density at radius 2 is 1.27 bits per heavy atom. The molecule has 2 aromatic carbocycles. The molecule has 0 heterocycles. The molecule has 0 spiro atoms. The first-order chi connectivity index (χ1) is 10.8. The van der Waals surface area contributed by atoms with Crippen molar-refractivity contribution in [2.75, 3.05) is 0 Å². The van der Waals surface area contributed by atoms with Gasteiger partial charge in [-0.05, 0) is 47.9 Å². The van der Waals surface area contributed by atoms with Crippen molar-refractivity contribution < 1.29 is 0 Å². The van der Waals surface area contributed by atoms with Crippen molar-refractivity contribution in [3.63, 3.8) is 0 Å². The molecule has 0 saturated carbocycles. The summed E-state index contributed by atoms with van der Waals surface area (Å²) < 4.78 is 0. The maximum absolute atomic E-state index is 2.32. The molecule has 0 aliphatic carbocycles. The minimum absolute atomic E-state index is 1.19. The van der Waals surface area contributed by atoms with E-state index in [-0.39, 0.29) is 0 Å². The average molecular weight is 292 g/mol. The van der Waals surface area contributed by atoms with Crippen molar-refractivity contribution in [2.45, 2.75) is 52.4 Å². The predicted octanol–water partition coefficient (Wildman–Crippen LogP) is 6.54. The summed E-state index contributed by atoms with van der Waals surface area (Å²) in [7, 11) is 0. The standard InChI is InChI=1S/C22H28/c1-3-5-13-20-15-10-16-21(14-6-4-2)22(20)18-17-19-11-8-7-9-12-19/h7-12,15-18H,3-6,13-14H2,1-2H3/b18-17+. The maximum Gasteiger partial charge on any atom is -0.0192 e. The Kier molecular flexibility index (Phi) is 6.96. The molecule has 116 valence electrons. The summed E-state index contributed by atoms with van der Waals surface area (Å²) in [5, 5.41) is 0. The summed E-state index contributed by atoms with van der Waals surface area (Å²) in [6.45, 7) is 4.53. The molecule has 0 atom stereocenters. The van der Waals surface area contributed by atoms with Gasteiger partial charge in [0.2, 0.25) is 0 Å². The first kappa shape index (κ1) is 16.5. The molecule has 0 saturated heterocycles. The Hall–Kier alpha value is -1.82. The number of unbranched alkanes of at least 4 members (excludes halogenated alkanes) is 2. The number of benzene rings is 2. The van der Waals surface area contributed by atoms with E-state index in [0.29, 0.717) is 0 Å². The molecule has 2 aromatic rings. The smallest absolute Gasteiger partial charge is 0.0192 e. The molecule has 0 aliphatic rings. The monoisotopic (exact) mass is 292 g/mol. The van der Waals surface area contributed by atoms with Crippen molar-refractivity contribution in [1.29, 1.82) is 0 Å². The first-order valence-electron chi connectivity index (χ1n) is 8.69. The Balaban J connectivity index is 2.29. The molecule has 0 nitrogen and oxygen atoms in total. The molecule has 0 bridgehead atoms. The van der Waals surface area contributed by atoms with Crippen LogP contribution in [0.3, 0.4) is 0 Å². The van der Waals surface area contributed by atoms with Crippen molar-refractivity contribution in [2.24, 2.45) is 0 Å². The Labute approximate surface area is 135 Å². The van der Waals surface area contributed by atoms with Gasteiger partial charge in [0.15, 0.2) is 0 Å². The molecule has 2 rings (SSSR count). The first-order valence-corrected chi connectivity index (χ1v) is 8.69. The molecule has 0 fully saturated rings. The van der Waals surface area contributed by atoms with Crippen molar-refractivity contribution in [3.8, 4) is 0 Å². The van der Waals surface area contributed by atoms with E-state index in [4.69, 9.17) is 0 Å². The fourth-order valence-electron chi connectivity index (χ4n) is 2.79. The van der Waals surface area contributed by atoms with Crippen LogP contribution >= 0.6 is 0 Å². The lowest BCUT2D eigenvalue weighted by atomic mass is 9.93. The molecule has 0 amide bonds. The van der Waals surface area contributed by atoms with Crippen LogP contribution in [0.15, 0.2) is 48.5 Å². The second-order valence-electron chi connectivity index (χ2n) is 5.94. The van der Waals surface area contributed by atoms with Gasteiger partial charge in [-0.1, -0.05) is 87.4 Å². The average Bonchev–Trinajstić information content (AvgIpc) is 2.57. The Bertz CT molecular complexity index is 552. The van der Waals surface area contributed by atoms with Gasteiger partial charge in [-0.15, -0.1) is 0 Å². The van der Waals surface area contributed by atoms with Gasteiger partial charge in [0.05, 0.1) is 0 Å². The lowest BCUT2D eigenvalue weighted by Gasteiger charge is -2.12. The molecule has 0 unspecified atom stereocenters. The molecular formula is C22H28. The Morgan fingerprint density at radius 3 is 1.82 bits per heavy atom. The lowest BCUT2D eigenvalue weighted by Crippen LogP contribution is -1.96. The number of aryl methyl sites for hydroxylation is 2. The van der Waals surface area contributed by atoms with Crippen LogP contribution in [0.4, 0.5) is 0 Å². The quantitative estimate of drug-likeness (QED) is 0.484. The highest BCUT2D eigenvalue weighted by Gasteiger charge is 2.05. The van der Waals surface area contributed by atoms with Gasteiger partial charge in [-0.2, -0.15) is 0 Å². The van der Waals surface area contributed by atoms with E-state index in [1.807, 2.05) is 0 Å². The zero-order valence-corrected chi connectivity index (χ0v) is 14.0. The third kappa shape index (κ3) is 4.87. The summed E-state index contributed by atoms with van der Waals surface area (Å²) >= 11 is 0. The topological polar surface area (TPSA) is 0 Å². The van der Waals surface area contributed by atoms with Crippen LogP contribution in [0.25, 0.3) is 12.2 Å². The molecular weight excluding hydrogens is 264 g/mol. The van der Waals surface area contributed by atoms with Gasteiger partial charge in [0.25, 0.3) is 0 Å². The normalized spacial score (nSPS) is 11.2. The second kappa shape index (κ2) is 9.25. The second-order valence-corrected chi connectivity index (χ2v) is 5.94. The van der Waals surface area contributed by atoms with Crippen LogP contribution in [-0.4, -0.2) is 0 Å². The molecule has 0 N–H and O–H groups in total. The summed E-state index contributed by atoms with van der Waals surface area (Å²) in [6.07, 6.45) is 12.0. The highest BCUT2D eigenvalue weighted by Crippen LogP contribution is 2.22. The zero-order valence-electron chi connectivity index (χ0n) is 14.0. The van der Waals surface area contributed by atoms with Crippen molar-refractivity contribution in [3.05, 3.63) is 70.8 Å². The fourth-order valence-corrected chi connectivity index (χ4v) is 2.79. The van der Waals surface area contributed by atoms with E-state index in [1.54, 1.807) is 0 Å². The van der Waals surface area contributed by atoms with Crippen LogP contribution in [0, 0.1) is 0 Å². The van der Waals surface area contributed by atoms with Crippen LogP contribution in [-0.2, 0) is 12.8 Å². The van der Waals surface area contributed by atoms with Crippen LogP contribution in [0.5, 0.6) is 0 Å². The minimum atomic E-state index is 1.19. The minimum Gasteiger partial charge on any atom is -0.0654 e. The van der Waals surface area contributed by atoms with Crippen molar-refractivity contribution >= 4 is 12.2 Å². The fraction of sp³-hybridized carbons (Fsp3) is 0.364. The molecule has 22 heavy (non-hydrogen) atoms. The molecule has 0 radical (unpaired) electrons. The third-order valence-electron chi connectivity index (χ3n) is 4.13. The predicted molar refractivity (Wildman–Crippen MR) is 99.0 cm³/mol. The number of hydrogen-bond acceptors (Lipinski definition) is 0. The summed E-state index contributed by atoms with van der Waals surface area (Å²) in [4.78, 5) is 0. The van der Waals surface area contributed by atoms with E-state index >= 15 is 0 Å². The van der Waals surface area contributed by atoms with E-state index in [2.05, 4.69) is 74.5 Å². The van der Waals surface area contributed by atoms with Crippen LogP contribution < -0.4 is 0 Å². The van der Waals surface area contributed by atoms with Gasteiger partial charge in [-0.25, -0.2) is 0 Å².